The number of nitrogens with one attached hydrogen (secondary N) is 1. The Labute approximate surface area is 187 Å². The number of aromatic nitrogens is 2. The SMILES string of the molecule is COc1cc2c(cnn2C2CCC(CO)CC2)cc1NC(=O)c1cc(F)cc(C(F)(F)F)c1. The first-order chi connectivity index (χ1) is 15.7. The van der Waals surface area contributed by atoms with Crippen LogP contribution in [-0.2, 0) is 6.18 Å². The smallest absolute Gasteiger partial charge is 0.416 e. The van der Waals surface area contributed by atoms with Crippen molar-refractivity contribution in [3.63, 3.8) is 0 Å². The molecule has 1 aliphatic rings. The molecule has 0 radical (unpaired) electrons. The van der Waals surface area contributed by atoms with Crippen molar-refractivity contribution in [1.82, 2.24) is 9.78 Å². The summed E-state index contributed by atoms with van der Waals surface area (Å²) in [5.41, 5.74) is -0.674. The minimum atomic E-state index is -4.78. The number of nitrogens with zero attached hydrogens (tertiary/aromatic N) is 2. The van der Waals surface area contributed by atoms with E-state index in [1.807, 2.05) is 4.68 Å². The summed E-state index contributed by atoms with van der Waals surface area (Å²) in [6.45, 7) is 0.180. The molecule has 3 aromatic rings. The Bertz CT molecular complexity index is 1170. The van der Waals surface area contributed by atoms with Gasteiger partial charge in [0.15, 0.2) is 0 Å². The molecular weight excluding hydrogens is 442 g/mol. The minimum Gasteiger partial charge on any atom is -0.494 e. The van der Waals surface area contributed by atoms with Crippen molar-refractivity contribution >= 4 is 22.5 Å². The molecule has 0 unspecified atom stereocenters. The second-order valence-corrected chi connectivity index (χ2v) is 8.24. The van der Waals surface area contributed by atoms with E-state index in [1.54, 1.807) is 18.3 Å². The van der Waals surface area contributed by atoms with E-state index in [2.05, 4.69) is 10.4 Å². The van der Waals surface area contributed by atoms with Gasteiger partial charge in [0.1, 0.15) is 11.6 Å². The van der Waals surface area contributed by atoms with Crippen LogP contribution in [0.25, 0.3) is 10.9 Å². The Balaban J connectivity index is 1.61. The molecule has 1 saturated carbocycles. The molecule has 1 aromatic heterocycles. The molecule has 0 bridgehead atoms. The second kappa shape index (κ2) is 9.01. The lowest BCUT2D eigenvalue weighted by atomic mass is 9.86. The summed E-state index contributed by atoms with van der Waals surface area (Å²) in [5, 5.41) is 17.1. The standard InChI is InChI=1S/C23H23F4N3O3/c1-33-21-10-20-15(11-28-30(20)18-4-2-13(12-31)3-5-18)8-19(21)29-22(32)14-6-16(23(25,26)27)9-17(24)7-14/h6-11,13,18,31H,2-5,12H2,1H3,(H,29,32). The molecule has 33 heavy (non-hydrogen) atoms. The van der Waals surface area contributed by atoms with E-state index < -0.39 is 29.0 Å². The van der Waals surface area contributed by atoms with Gasteiger partial charge in [-0.05, 0) is 55.9 Å². The second-order valence-electron chi connectivity index (χ2n) is 8.24. The number of aliphatic hydroxyl groups is 1. The van der Waals surface area contributed by atoms with Gasteiger partial charge < -0.3 is 15.2 Å². The molecular formula is C23H23F4N3O3. The van der Waals surface area contributed by atoms with Crippen LogP contribution in [0.3, 0.4) is 0 Å². The number of fused-ring (bicyclic) bond motifs is 1. The van der Waals surface area contributed by atoms with Crippen molar-refractivity contribution in [2.45, 2.75) is 37.9 Å². The number of benzene rings is 2. The van der Waals surface area contributed by atoms with Crippen molar-refractivity contribution in [1.29, 1.82) is 0 Å². The van der Waals surface area contributed by atoms with Gasteiger partial charge in [0.05, 0.1) is 36.1 Å². The van der Waals surface area contributed by atoms with Gasteiger partial charge in [-0.25, -0.2) is 4.39 Å². The number of methoxy groups -OCH3 is 1. The minimum absolute atomic E-state index is 0.170. The van der Waals surface area contributed by atoms with Crippen molar-refractivity contribution in [3.8, 4) is 5.75 Å². The van der Waals surface area contributed by atoms with E-state index in [0.29, 0.717) is 29.2 Å². The highest BCUT2D eigenvalue weighted by molar-refractivity contribution is 6.06. The van der Waals surface area contributed by atoms with Crippen LogP contribution in [0.5, 0.6) is 5.75 Å². The van der Waals surface area contributed by atoms with Gasteiger partial charge in [0, 0.05) is 23.6 Å². The maximum atomic E-state index is 13.7. The zero-order valence-corrected chi connectivity index (χ0v) is 17.8. The fraction of sp³-hybridized carbons (Fsp3) is 0.391. The molecule has 6 nitrogen and oxygen atoms in total. The molecule has 0 atom stereocenters. The van der Waals surface area contributed by atoms with Crippen molar-refractivity contribution < 1.29 is 32.2 Å². The number of hydrogen-bond donors (Lipinski definition) is 2. The number of rotatable bonds is 5. The number of carbonyl (C=O) groups is 1. The van der Waals surface area contributed by atoms with E-state index in [1.165, 1.54) is 7.11 Å². The largest absolute Gasteiger partial charge is 0.494 e. The number of halogens is 4. The quantitative estimate of drug-likeness (QED) is 0.509. The first-order valence-electron chi connectivity index (χ1n) is 10.5. The molecule has 0 saturated heterocycles. The number of amides is 1. The van der Waals surface area contributed by atoms with E-state index in [4.69, 9.17) is 4.74 Å². The summed E-state index contributed by atoms with van der Waals surface area (Å²) < 4.78 is 60.0. The lowest BCUT2D eigenvalue weighted by Crippen LogP contribution is -2.20. The van der Waals surface area contributed by atoms with Gasteiger partial charge in [-0.15, -0.1) is 0 Å². The van der Waals surface area contributed by atoms with Crippen LogP contribution >= 0.6 is 0 Å². The number of ether oxygens (including phenoxy) is 1. The van der Waals surface area contributed by atoms with Crippen LogP contribution in [0, 0.1) is 11.7 Å². The van der Waals surface area contributed by atoms with Gasteiger partial charge >= 0.3 is 6.18 Å². The molecule has 1 heterocycles. The van der Waals surface area contributed by atoms with E-state index in [-0.39, 0.29) is 18.3 Å². The Morgan fingerprint density at radius 3 is 2.55 bits per heavy atom. The highest BCUT2D eigenvalue weighted by atomic mass is 19.4. The Morgan fingerprint density at radius 2 is 1.91 bits per heavy atom. The summed E-state index contributed by atoms with van der Waals surface area (Å²) >= 11 is 0. The molecule has 176 valence electrons. The molecule has 4 rings (SSSR count). The summed E-state index contributed by atoms with van der Waals surface area (Å²) in [7, 11) is 1.41. The third-order valence-corrected chi connectivity index (χ3v) is 6.07. The molecule has 0 aliphatic heterocycles. The average Bonchev–Trinajstić information content (AvgIpc) is 3.20. The third kappa shape index (κ3) is 4.80. The van der Waals surface area contributed by atoms with Crippen molar-refractivity contribution in [2.75, 3.05) is 19.0 Å². The monoisotopic (exact) mass is 465 g/mol. The number of alkyl halides is 3. The fourth-order valence-corrected chi connectivity index (χ4v) is 4.28. The predicted molar refractivity (Wildman–Crippen MR) is 114 cm³/mol. The maximum Gasteiger partial charge on any atom is 0.416 e. The summed E-state index contributed by atoms with van der Waals surface area (Å²) in [5.74, 6) is -1.45. The Hall–Kier alpha value is -3.14. The fourth-order valence-electron chi connectivity index (χ4n) is 4.28. The summed E-state index contributed by atoms with van der Waals surface area (Å²) in [6.07, 6.45) is 0.432. The van der Waals surface area contributed by atoms with Gasteiger partial charge in [0.2, 0.25) is 0 Å². The summed E-state index contributed by atoms with van der Waals surface area (Å²) in [4.78, 5) is 12.6. The molecule has 2 N–H and O–H groups in total. The number of anilines is 1. The van der Waals surface area contributed by atoms with Crippen LogP contribution in [0.4, 0.5) is 23.2 Å². The normalized spacial score (nSPS) is 19.0. The molecule has 10 heteroatoms. The Morgan fingerprint density at radius 1 is 1.18 bits per heavy atom. The van der Waals surface area contributed by atoms with Gasteiger partial charge in [-0.3, -0.25) is 9.48 Å². The molecule has 2 aromatic carbocycles. The highest BCUT2D eigenvalue weighted by Crippen LogP contribution is 2.37. The molecule has 0 spiro atoms. The topological polar surface area (TPSA) is 76.4 Å². The first-order valence-corrected chi connectivity index (χ1v) is 10.5. The van der Waals surface area contributed by atoms with Crippen LogP contribution < -0.4 is 10.1 Å². The van der Waals surface area contributed by atoms with Crippen molar-refractivity contribution in [3.05, 3.63) is 53.5 Å². The van der Waals surface area contributed by atoms with E-state index >= 15 is 0 Å². The molecule has 1 fully saturated rings. The van der Waals surface area contributed by atoms with Crippen molar-refractivity contribution in [2.24, 2.45) is 5.92 Å². The maximum absolute atomic E-state index is 13.7. The van der Waals surface area contributed by atoms with Gasteiger partial charge in [-0.2, -0.15) is 18.3 Å². The highest BCUT2D eigenvalue weighted by Gasteiger charge is 2.32. The zero-order chi connectivity index (χ0) is 23.8. The number of carbonyl (C=O) groups excluding carboxylic acids is 1. The lowest BCUT2D eigenvalue weighted by Gasteiger charge is -2.28. The number of aliphatic hydroxyl groups excluding tert-OH is 1. The van der Waals surface area contributed by atoms with E-state index in [9.17, 15) is 27.5 Å². The number of hydrogen-bond acceptors (Lipinski definition) is 4. The third-order valence-electron chi connectivity index (χ3n) is 6.07. The lowest BCUT2D eigenvalue weighted by molar-refractivity contribution is -0.137. The van der Waals surface area contributed by atoms with Crippen LogP contribution in [0.15, 0.2) is 36.5 Å². The predicted octanol–water partition coefficient (Wildman–Crippen LogP) is 5.18. The van der Waals surface area contributed by atoms with Gasteiger partial charge in [-0.1, -0.05) is 0 Å². The molecule has 1 amide bonds. The summed E-state index contributed by atoms with van der Waals surface area (Å²) in [6, 6.07) is 5.19. The first kappa shape index (κ1) is 23.0. The average molecular weight is 465 g/mol. The van der Waals surface area contributed by atoms with Gasteiger partial charge in [0.25, 0.3) is 5.91 Å². The van der Waals surface area contributed by atoms with Crippen LogP contribution in [0.2, 0.25) is 0 Å². The zero-order valence-electron chi connectivity index (χ0n) is 17.8. The van der Waals surface area contributed by atoms with Crippen LogP contribution in [-0.4, -0.2) is 34.5 Å². The molecule has 1 aliphatic carbocycles. The van der Waals surface area contributed by atoms with E-state index in [0.717, 1.165) is 37.3 Å². The van der Waals surface area contributed by atoms with Crippen LogP contribution in [0.1, 0.15) is 47.6 Å². The Kier molecular flexibility index (Phi) is 6.29.